The van der Waals surface area contributed by atoms with Crippen molar-refractivity contribution in [3.8, 4) is 11.4 Å². The zero-order valence-electron chi connectivity index (χ0n) is 11.8. The molecule has 0 atom stereocenters. The second-order valence-electron chi connectivity index (χ2n) is 4.76. The van der Waals surface area contributed by atoms with E-state index in [0.717, 1.165) is 22.7 Å². The molecule has 0 spiro atoms. The number of benzene rings is 1. The van der Waals surface area contributed by atoms with Crippen LogP contribution in [-0.4, -0.2) is 20.9 Å². The maximum atomic E-state index is 14.3. The van der Waals surface area contributed by atoms with Crippen molar-refractivity contribution in [2.75, 3.05) is 6.26 Å². The van der Waals surface area contributed by atoms with Crippen LogP contribution in [0.15, 0.2) is 29.3 Å². The number of hydrogen-bond acceptors (Lipinski definition) is 3. The van der Waals surface area contributed by atoms with Crippen LogP contribution in [0.4, 0.5) is 17.6 Å². The summed E-state index contributed by atoms with van der Waals surface area (Å²) in [6.07, 6.45) is -2.09. The van der Waals surface area contributed by atoms with E-state index in [0.29, 0.717) is 4.90 Å². The van der Waals surface area contributed by atoms with E-state index in [4.69, 9.17) is 23.2 Å². The summed E-state index contributed by atoms with van der Waals surface area (Å²) in [4.78, 5) is 0.558. The predicted molar refractivity (Wildman–Crippen MR) is 85.2 cm³/mol. The molecule has 1 aromatic carbocycles. The molecule has 0 N–H and O–H groups in total. The number of fused-ring (bicyclic) bond motifs is 1. The Morgan fingerprint density at radius 3 is 2.42 bits per heavy atom. The van der Waals surface area contributed by atoms with E-state index in [2.05, 4.69) is 10.2 Å². The minimum absolute atomic E-state index is 0.000261. The highest BCUT2D eigenvalue weighted by Gasteiger charge is 2.32. The normalized spacial score (nSPS) is 12.1. The van der Waals surface area contributed by atoms with Crippen LogP contribution in [0, 0.1) is 5.82 Å². The van der Waals surface area contributed by atoms with Gasteiger partial charge in [-0.05, 0) is 24.5 Å². The molecule has 0 saturated carbocycles. The SMILES string of the molecule is CSc1cc(-c2nnc3c(Cl)cc(C(F)(F)F)cn23)c(F)cc1Cl. The lowest BCUT2D eigenvalue weighted by atomic mass is 10.2. The summed E-state index contributed by atoms with van der Waals surface area (Å²) in [6.45, 7) is 0. The molecule has 0 unspecified atom stereocenters. The fourth-order valence-electron chi connectivity index (χ4n) is 2.15. The zero-order valence-corrected chi connectivity index (χ0v) is 14.2. The highest BCUT2D eigenvalue weighted by Crippen LogP contribution is 2.36. The smallest absolute Gasteiger partial charge is 0.280 e. The molecule has 2 aromatic heterocycles. The largest absolute Gasteiger partial charge is 0.417 e. The van der Waals surface area contributed by atoms with Gasteiger partial charge in [-0.25, -0.2) is 4.39 Å². The minimum Gasteiger partial charge on any atom is -0.280 e. The minimum atomic E-state index is -4.61. The Morgan fingerprint density at radius 1 is 1.08 bits per heavy atom. The highest BCUT2D eigenvalue weighted by atomic mass is 35.5. The molecule has 126 valence electrons. The molecule has 3 nitrogen and oxygen atoms in total. The topological polar surface area (TPSA) is 30.2 Å². The van der Waals surface area contributed by atoms with Crippen LogP contribution in [0.5, 0.6) is 0 Å². The molecule has 0 aliphatic rings. The van der Waals surface area contributed by atoms with Gasteiger partial charge >= 0.3 is 6.18 Å². The number of thioether (sulfide) groups is 1. The molecule has 0 saturated heterocycles. The van der Waals surface area contributed by atoms with Crippen molar-refractivity contribution in [1.82, 2.24) is 14.6 Å². The standard InChI is InChI=1S/C14H7Cl2F4N3S/c1-24-11-3-7(10(17)4-8(11)15)12-21-22-13-9(16)2-6(5-23(12)13)14(18,19)20/h2-5H,1H3. The first-order valence-corrected chi connectivity index (χ1v) is 8.35. The second kappa shape index (κ2) is 6.09. The third kappa shape index (κ3) is 2.94. The van der Waals surface area contributed by atoms with Crippen LogP contribution >= 0.6 is 35.0 Å². The van der Waals surface area contributed by atoms with Gasteiger partial charge in [-0.1, -0.05) is 23.2 Å². The van der Waals surface area contributed by atoms with E-state index >= 15 is 0 Å². The molecule has 10 heteroatoms. The van der Waals surface area contributed by atoms with Crippen molar-refractivity contribution in [3.05, 3.63) is 45.8 Å². The van der Waals surface area contributed by atoms with Crippen molar-refractivity contribution < 1.29 is 17.6 Å². The number of aromatic nitrogens is 3. The van der Waals surface area contributed by atoms with Gasteiger partial charge in [0.25, 0.3) is 0 Å². The average molecular weight is 396 g/mol. The van der Waals surface area contributed by atoms with Crippen molar-refractivity contribution in [2.24, 2.45) is 0 Å². The first kappa shape index (κ1) is 17.3. The first-order chi connectivity index (χ1) is 11.2. The monoisotopic (exact) mass is 395 g/mol. The van der Waals surface area contributed by atoms with E-state index in [1.807, 2.05) is 0 Å². The molecule has 2 heterocycles. The highest BCUT2D eigenvalue weighted by molar-refractivity contribution is 7.98. The fraction of sp³-hybridized carbons (Fsp3) is 0.143. The van der Waals surface area contributed by atoms with Gasteiger partial charge in [-0.2, -0.15) is 13.2 Å². The average Bonchev–Trinajstić information content (AvgIpc) is 2.91. The Morgan fingerprint density at radius 2 is 1.79 bits per heavy atom. The maximum Gasteiger partial charge on any atom is 0.417 e. The molecule has 0 aliphatic heterocycles. The lowest BCUT2D eigenvalue weighted by molar-refractivity contribution is -0.137. The Kier molecular flexibility index (Phi) is 4.39. The molecular formula is C14H7Cl2F4N3S. The molecule has 0 fully saturated rings. The lowest BCUT2D eigenvalue weighted by Crippen LogP contribution is -2.07. The number of nitrogens with zero attached hydrogens (tertiary/aromatic N) is 3. The third-order valence-electron chi connectivity index (χ3n) is 3.27. The fourth-order valence-corrected chi connectivity index (χ4v) is 3.27. The molecule has 3 rings (SSSR count). The Balaban J connectivity index is 2.30. The second-order valence-corrected chi connectivity index (χ2v) is 6.42. The van der Waals surface area contributed by atoms with Crippen molar-refractivity contribution in [3.63, 3.8) is 0 Å². The summed E-state index contributed by atoms with van der Waals surface area (Å²) in [6, 6.07) is 3.24. The van der Waals surface area contributed by atoms with E-state index in [1.54, 1.807) is 6.26 Å². The van der Waals surface area contributed by atoms with E-state index in [1.165, 1.54) is 17.8 Å². The maximum absolute atomic E-state index is 14.3. The van der Waals surface area contributed by atoms with Gasteiger partial charge in [-0.15, -0.1) is 22.0 Å². The molecule has 24 heavy (non-hydrogen) atoms. The Labute approximate surface area is 147 Å². The summed E-state index contributed by atoms with van der Waals surface area (Å²) in [5, 5.41) is 7.50. The molecule has 3 aromatic rings. The van der Waals surface area contributed by atoms with Crippen molar-refractivity contribution >= 4 is 40.6 Å². The Hall–Kier alpha value is -1.51. The van der Waals surface area contributed by atoms with Crippen LogP contribution in [0.2, 0.25) is 10.0 Å². The van der Waals surface area contributed by atoms with E-state index in [-0.39, 0.29) is 27.1 Å². The van der Waals surface area contributed by atoms with Crippen LogP contribution in [0.1, 0.15) is 5.56 Å². The van der Waals surface area contributed by atoms with Gasteiger partial charge in [0, 0.05) is 11.1 Å². The van der Waals surface area contributed by atoms with Crippen LogP contribution in [0.3, 0.4) is 0 Å². The Bertz CT molecular complexity index is 940. The van der Waals surface area contributed by atoms with Gasteiger partial charge < -0.3 is 0 Å². The van der Waals surface area contributed by atoms with Crippen molar-refractivity contribution in [2.45, 2.75) is 11.1 Å². The van der Waals surface area contributed by atoms with E-state index in [9.17, 15) is 17.6 Å². The molecular weight excluding hydrogens is 389 g/mol. The van der Waals surface area contributed by atoms with Crippen LogP contribution in [0.25, 0.3) is 17.0 Å². The van der Waals surface area contributed by atoms with Gasteiger partial charge in [0.05, 0.1) is 21.2 Å². The lowest BCUT2D eigenvalue weighted by Gasteiger charge is -2.10. The quantitative estimate of drug-likeness (QED) is 0.418. The number of halogens is 6. The zero-order chi connectivity index (χ0) is 17.6. The van der Waals surface area contributed by atoms with Crippen molar-refractivity contribution in [1.29, 1.82) is 0 Å². The summed E-state index contributed by atoms with van der Waals surface area (Å²) >= 11 is 13.0. The molecule has 0 bridgehead atoms. The van der Waals surface area contributed by atoms with Gasteiger partial charge in [0.1, 0.15) is 5.82 Å². The molecule has 0 radical (unpaired) electrons. The van der Waals surface area contributed by atoms with Crippen LogP contribution in [-0.2, 0) is 6.18 Å². The number of hydrogen-bond donors (Lipinski definition) is 0. The number of alkyl halides is 3. The van der Waals surface area contributed by atoms with Gasteiger partial charge in [0.2, 0.25) is 0 Å². The molecule has 0 aliphatic carbocycles. The van der Waals surface area contributed by atoms with Gasteiger partial charge in [-0.3, -0.25) is 4.40 Å². The van der Waals surface area contributed by atoms with Gasteiger partial charge in [0.15, 0.2) is 11.5 Å². The third-order valence-corrected chi connectivity index (χ3v) is 4.75. The summed E-state index contributed by atoms with van der Waals surface area (Å²) in [7, 11) is 0. The number of pyridine rings is 1. The summed E-state index contributed by atoms with van der Waals surface area (Å²) < 4.78 is 54.2. The summed E-state index contributed by atoms with van der Waals surface area (Å²) in [5.74, 6) is -0.817. The summed E-state index contributed by atoms with van der Waals surface area (Å²) in [5.41, 5.74) is -1.01. The first-order valence-electron chi connectivity index (χ1n) is 6.37. The van der Waals surface area contributed by atoms with E-state index < -0.39 is 17.6 Å². The predicted octanol–water partition coefficient (Wildman–Crippen LogP) is 5.58. The molecule has 0 amide bonds. The number of rotatable bonds is 2. The van der Waals surface area contributed by atoms with Crippen LogP contribution < -0.4 is 0 Å².